The highest BCUT2D eigenvalue weighted by atomic mass is 35.5. The van der Waals surface area contributed by atoms with Crippen molar-refractivity contribution in [1.82, 2.24) is 15.2 Å². The number of aryl methyl sites for hydroxylation is 1. The number of halogens is 1. The number of nitrogens with zero attached hydrogens (tertiary/aromatic N) is 2. The Hall–Kier alpha value is -1.01. The summed E-state index contributed by atoms with van der Waals surface area (Å²) in [5, 5.41) is 5.09. The Morgan fingerprint density at radius 1 is 1.45 bits per heavy atom. The van der Waals surface area contributed by atoms with Gasteiger partial charge in [-0.05, 0) is 30.7 Å². The van der Waals surface area contributed by atoms with Gasteiger partial charge in [-0.15, -0.1) is 11.8 Å². The van der Waals surface area contributed by atoms with Crippen molar-refractivity contribution < 1.29 is 0 Å². The molecule has 6 heteroatoms. The summed E-state index contributed by atoms with van der Waals surface area (Å²) in [7, 11) is 0. The predicted octanol–water partition coefficient (Wildman–Crippen LogP) is 3.24. The van der Waals surface area contributed by atoms with E-state index in [2.05, 4.69) is 17.4 Å². The number of hydrogen-bond donors (Lipinski definition) is 2. The number of aromatic nitrogens is 2. The lowest BCUT2D eigenvalue weighted by atomic mass is 10.2. The van der Waals surface area contributed by atoms with Crippen molar-refractivity contribution in [3.05, 3.63) is 47.2 Å². The van der Waals surface area contributed by atoms with E-state index in [1.807, 2.05) is 41.2 Å². The minimum Gasteiger partial charge on any atom is -0.271 e. The first kappa shape index (κ1) is 15.4. The average Bonchev–Trinajstić information content (AvgIpc) is 2.89. The summed E-state index contributed by atoms with van der Waals surface area (Å²) in [6, 6.07) is 9.92. The van der Waals surface area contributed by atoms with Gasteiger partial charge in [-0.2, -0.15) is 5.10 Å². The van der Waals surface area contributed by atoms with Crippen LogP contribution in [0, 0.1) is 0 Å². The fraction of sp³-hybridized carbons (Fsp3) is 0.357. The van der Waals surface area contributed by atoms with Crippen LogP contribution in [0.1, 0.15) is 25.1 Å². The molecule has 1 aromatic carbocycles. The lowest BCUT2D eigenvalue weighted by Crippen LogP contribution is -2.31. The Morgan fingerprint density at radius 3 is 3.00 bits per heavy atom. The molecule has 0 saturated heterocycles. The summed E-state index contributed by atoms with van der Waals surface area (Å²) in [4.78, 5) is 1.14. The van der Waals surface area contributed by atoms with Gasteiger partial charge >= 0.3 is 0 Å². The van der Waals surface area contributed by atoms with Gasteiger partial charge in [-0.1, -0.05) is 24.6 Å². The Kier molecular flexibility index (Phi) is 5.91. The standard InChI is InChI=1S/C14H19ClN4S/c1-2-8-19-14(6-7-17-19)13(18-16)10-20-12-5-3-4-11(15)9-12/h3-7,9,13,18H,2,8,10,16H2,1H3. The molecular formula is C14H19ClN4S. The highest BCUT2D eigenvalue weighted by Gasteiger charge is 2.15. The molecule has 1 heterocycles. The van der Waals surface area contributed by atoms with Gasteiger partial charge in [0.1, 0.15) is 0 Å². The van der Waals surface area contributed by atoms with Crippen molar-refractivity contribution in [3.8, 4) is 0 Å². The second-order valence-electron chi connectivity index (χ2n) is 4.47. The second-order valence-corrected chi connectivity index (χ2v) is 6.00. The van der Waals surface area contributed by atoms with Crippen LogP contribution < -0.4 is 11.3 Å². The molecule has 3 N–H and O–H groups in total. The molecule has 0 fully saturated rings. The van der Waals surface area contributed by atoms with E-state index in [-0.39, 0.29) is 6.04 Å². The summed E-state index contributed by atoms with van der Waals surface area (Å²) in [6.07, 6.45) is 2.87. The Labute approximate surface area is 128 Å². The summed E-state index contributed by atoms with van der Waals surface area (Å²) in [6.45, 7) is 3.04. The number of benzene rings is 1. The third-order valence-electron chi connectivity index (χ3n) is 2.96. The third-order valence-corrected chi connectivity index (χ3v) is 4.28. The first-order valence-electron chi connectivity index (χ1n) is 6.60. The molecule has 2 aromatic rings. The van der Waals surface area contributed by atoms with E-state index >= 15 is 0 Å². The van der Waals surface area contributed by atoms with Gasteiger partial charge in [0.25, 0.3) is 0 Å². The molecule has 0 bridgehead atoms. The molecule has 0 radical (unpaired) electrons. The van der Waals surface area contributed by atoms with Gasteiger partial charge in [-0.25, -0.2) is 0 Å². The lowest BCUT2D eigenvalue weighted by Gasteiger charge is -2.17. The number of thioether (sulfide) groups is 1. The molecule has 0 aliphatic rings. The van der Waals surface area contributed by atoms with Crippen molar-refractivity contribution in [2.75, 3.05) is 5.75 Å². The zero-order valence-electron chi connectivity index (χ0n) is 11.4. The number of hydrogen-bond acceptors (Lipinski definition) is 4. The molecular weight excluding hydrogens is 292 g/mol. The number of rotatable bonds is 7. The van der Waals surface area contributed by atoms with E-state index in [9.17, 15) is 0 Å². The quantitative estimate of drug-likeness (QED) is 0.468. The van der Waals surface area contributed by atoms with Crippen molar-refractivity contribution in [3.63, 3.8) is 0 Å². The van der Waals surface area contributed by atoms with Gasteiger partial charge in [0.05, 0.1) is 11.7 Å². The Balaban J connectivity index is 2.03. The largest absolute Gasteiger partial charge is 0.271 e. The van der Waals surface area contributed by atoms with Gasteiger partial charge in [0, 0.05) is 28.4 Å². The Morgan fingerprint density at radius 2 is 2.30 bits per heavy atom. The van der Waals surface area contributed by atoms with Gasteiger partial charge in [0.15, 0.2) is 0 Å². The molecule has 4 nitrogen and oxygen atoms in total. The Bertz CT molecular complexity index is 543. The van der Waals surface area contributed by atoms with Crippen LogP contribution in [0.2, 0.25) is 5.02 Å². The minimum atomic E-state index is 0.0630. The normalized spacial score (nSPS) is 12.6. The van der Waals surface area contributed by atoms with Crippen LogP contribution in [-0.4, -0.2) is 15.5 Å². The van der Waals surface area contributed by atoms with Crippen LogP contribution in [-0.2, 0) is 6.54 Å². The lowest BCUT2D eigenvalue weighted by molar-refractivity contribution is 0.508. The van der Waals surface area contributed by atoms with E-state index in [1.54, 1.807) is 11.8 Å². The van der Waals surface area contributed by atoms with Crippen LogP contribution in [0.15, 0.2) is 41.4 Å². The monoisotopic (exact) mass is 310 g/mol. The van der Waals surface area contributed by atoms with E-state index in [4.69, 9.17) is 17.4 Å². The molecule has 1 unspecified atom stereocenters. The summed E-state index contributed by atoms with van der Waals surface area (Å²) >= 11 is 7.72. The fourth-order valence-electron chi connectivity index (χ4n) is 1.99. The molecule has 0 aliphatic heterocycles. The number of nitrogens with two attached hydrogens (primary N) is 1. The minimum absolute atomic E-state index is 0.0630. The molecule has 0 amide bonds. The van der Waals surface area contributed by atoms with Crippen molar-refractivity contribution in [1.29, 1.82) is 0 Å². The van der Waals surface area contributed by atoms with Gasteiger partial charge in [-0.3, -0.25) is 16.0 Å². The molecule has 20 heavy (non-hydrogen) atoms. The van der Waals surface area contributed by atoms with Crippen LogP contribution >= 0.6 is 23.4 Å². The topological polar surface area (TPSA) is 55.9 Å². The molecule has 2 rings (SSSR count). The summed E-state index contributed by atoms with van der Waals surface area (Å²) < 4.78 is 2.00. The molecule has 108 valence electrons. The maximum Gasteiger partial charge on any atom is 0.0722 e. The smallest absolute Gasteiger partial charge is 0.0722 e. The maximum absolute atomic E-state index is 5.99. The molecule has 0 spiro atoms. The van der Waals surface area contributed by atoms with E-state index in [0.29, 0.717) is 0 Å². The van der Waals surface area contributed by atoms with Crippen molar-refractivity contribution in [2.45, 2.75) is 30.8 Å². The number of hydrazine groups is 1. The zero-order valence-corrected chi connectivity index (χ0v) is 13.0. The third kappa shape index (κ3) is 3.99. The van der Waals surface area contributed by atoms with E-state index in [0.717, 1.165) is 34.3 Å². The highest BCUT2D eigenvalue weighted by molar-refractivity contribution is 7.99. The highest BCUT2D eigenvalue weighted by Crippen LogP contribution is 2.26. The second kappa shape index (κ2) is 7.69. The SMILES string of the molecule is CCCn1nccc1C(CSc1cccc(Cl)c1)NN. The van der Waals surface area contributed by atoms with E-state index in [1.165, 1.54) is 0 Å². The molecule has 1 atom stereocenters. The van der Waals surface area contributed by atoms with Crippen molar-refractivity contribution in [2.24, 2.45) is 5.84 Å². The summed E-state index contributed by atoms with van der Waals surface area (Å²) in [5.74, 6) is 6.52. The first-order valence-corrected chi connectivity index (χ1v) is 7.97. The van der Waals surface area contributed by atoms with Crippen LogP contribution in [0.25, 0.3) is 0 Å². The first-order chi connectivity index (χ1) is 9.74. The van der Waals surface area contributed by atoms with Crippen molar-refractivity contribution >= 4 is 23.4 Å². The fourth-order valence-corrected chi connectivity index (χ4v) is 3.26. The van der Waals surface area contributed by atoms with Gasteiger partial charge < -0.3 is 0 Å². The molecule has 1 aromatic heterocycles. The van der Waals surface area contributed by atoms with Crippen LogP contribution in [0.3, 0.4) is 0 Å². The van der Waals surface area contributed by atoms with Crippen LogP contribution in [0.5, 0.6) is 0 Å². The van der Waals surface area contributed by atoms with E-state index < -0.39 is 0 Å². The average molecular weight is 311 g/mol. The van der Waals surface area contributed by atoms with Crippen LogP contribution in [0.4, 0.5) is 0 Å². The molecule has 0 saturated carbocycles. The zero-order chi connectivity index (χ0) is 14.4. The summed E-state index contributed by atoms with van der Waals surface area (Å²) in [5.41, 5.74) is 3.99. The maximum atomic E-state index is 5.99. The predicted molar refractivity (Wildman–Crippen MR) is 84.8 cm³/mol. The molecule has 0 aliphatic carbocycles. The van der Waals surface area contributed by atoms with Gasteiger partial charge in [0.2, 0.25) is 0 Å². The number of nitrogens with one attached hydrogen (secondary N) is 1.